The van der Waals surface area contributed by atoms with Crippen LogP contribution in [0.25, 0.3) is 0 Å². The minimum atomic E-state index is -0.313. The first-order valence-electron chi connectivity index (χ1n) is 4.58. The quantitative estimate of drug-likeness (QED) is 0.794. The number of hydrogen-bond acceptors (Lipinski definition) is 2. The molecule has 0 atom stereocenters. The Morgan fingerprint density at radius 1 is 1.38 bits per heavy atom. The van der Waals surface area contributed by atoms with Crippen LogP contribution in [-0.2, 0) is 12.4 Å². The van der Waals surface area contributed by atoms with Crippen LogP contribution in [0.3, 0.4) is 0 Å². The SMILES string of the molecule is Fc1ccc(Cl)cc1Cn1cc(CCl)nn1. The van der Waals surface area contributed by atoms with E-state index in [1.54, 1.807) is 12.3 Å². The second-order valence-electron chi connectivity index (χ2n) is 3.28. The van der Waals surface area contributed by atoms with E-state index in [-0.39, 0.29) is 18.2 Å². The molecule has 0 amide bonds. The smallest absolute Gasteiger partial charge is 0.128 e. The maximum Gasteiger partial charge on any atom is 0.128 e. The average molecular weight is 260 g/mol. The second-order valence-corrected chi connectivity index (χ2v) is 3.98. The molecule has 1 heterocycles. The van der Waals surface area contributed by atoms with Crippen LogP contribution in [0.2, 0.25) is 5.02 Å². The summed E-state index contributed by atoms with van der Waals surface area (Å²) in [6, 6.07) is 4.40. The van der Waals surface area contributed by atoms with E-state index in [1.165, 1.54) is 16.8 Å². The van der Waals surface area contributed by atoms with Crippen molar-refractivity contribution < 1.29 is 4.39 Å². The zero-order chi connectivity index (χ0) is 11.5. The van der Waals surface area contributed by atoms with Crippen molar-refractivity contribution >= 4 is 23.2 Å². The number of alkyl halides is 1. The number of benzene rings is 1. The molecular weight excluding hydrogens is 252 g/mol. The van der Waals surface area contributed by atoms with Gasteiger partial charge in [-0.1, -0.05) is 16.8 Å². The van der Waals surface area contributed by atoms with E-state index < -0.39 is 0 Å². The molecule has 2 aromatic rings. The van der Waals surface area contributed by atoms with Crippen molar-refractivity contribution in [2.45, 2.75) is 12.4 Å². The normalized spacial score (nSPS) is 10.7. The molecule has 3 nitrogen and oxygen atoms in total. The maximum atomic E-state index is 13.4. The molecule has 0 spiro atoms. The molecule has 0 bridgehead atoms. The Kier molecular flexibility index (Phi) is 3.41. The number of hydrogen-bond donors (Lipinski definition) is 0. The van der Waals surface area contributed by atoms with Gasteiger partial charge in [-0.15, -0.1) is 16.7 Å². The highest BCUT2D eigenvalue weighted by Crippen LogP contribution is 2.15. The van der Waals surface area contributed by atoms with E-state index in [1.807, 2.05) is 0 Å². The largest absolute Gasteiger partial charge is 0.248 e. The standard InChI is InChI=1S/C10H8Cl2FN3/c11-4-9-6-16(15-14-9)5-7-3-8(12)1-2-10(7)13/h1-3,6H,4-5H2. The third kappa shape index (κ3) is 2.51. The van der Waals surface area contributed by atoms with E-state index in [2.05, 4.69) is 10.3 Å². The third-order valence-corrected chi connectivity index (χ3v) is 2.57. The average Bonchev–Trinajstić information content (AvgIpc) is 2.71. The monoisotopic (exact) mass is 259 g/mol. The molecule has 0 aliphatic carbocycles. The Labute approximate surface area is 102 Å². The van der Waals surface area contributed by atoms with Crippen LogP contribution in [0.1, 0.15) is 11.3 Å². The zero-order valence-electron chi connectivity index (χ0n) is 8.20. The first kappa shape index (κ1) is 11.4. The fourth-order valence-corrected chi connectivity index (χ4v) is 1.63. The van der Waals surface area contributed by atoms with Gasteiger partial charge in [-0.2, -0.15) is 0 Å². The summed E-state index contributed by atoms with van der Waals surface area (Å²) in [7, 11) is 0. The van der Waals surface area contributed by atoms with Gasteiger partial charge in [0.2, 0.25) is 0 Å². The molecule has 0 aliphatic rings. The lowest BCUT2D eigenvalue weighted by Crippen LogP contribution is -2.02. The van der Waals surface area contributed by atoms with Crippen LogP contribution >= 0.6 is 23.2 Å². The molecular formula is C10H8Cl2FN3. The van der Waals surface area contributed by atoms with Crippen molar-refractivity contribution in [1.29, 1.82) is 0 Å². The molecule has 1 aromatic heterocycles. The zero-order valence-corrected chi connectivity index (χ0v) is 9.71. The maximum absolute atomic E-state index is 13.4. The van der Waals surface area contributed by atoms with E-state index in [9.17, 15) is 4.39 Å². The molecule has 84 valence electrons. The lowest BCUT2D eigenvalue weighted by molar-refractivity contribution is 0.577. The van der Waals surface area contributed by atoms with Crippen molar-refractivity contribution in [3.63, 3.8) is 0 Å². The van der Waals surface area contributed by atoms with Gasteiger partial charge < -0.3 is 0 Å². The third-order valence-electron chi connectivity index (χ3n) is 2.06. The summed E-state index contributed by atoms with van der Waals surface area (Å²) in [6.07, 6.45) is 1.67. The Hall–Kier alpha value is -1.13. The van der Waals surface area contributed by atoms with E-state index in [0.717, 1.165) is 0 Å². The highest BCUT2D eigenvalue weighted by atomic mass is 35.5. The highest BCUT2D eigenvalue weighted by molar-refractivity contribution is 6.30. The highest BCUT2D eigenvalue weighted by Gasteiger charge is 2.05. The molecule has 0 saturated carbocycles. The molecule has 16 heavy (non-hydrogen) atoms. The summed E-state index contributed by atoms with van der Waals surface area (Å²) in [4.78, 5) is 0. The Balaban J connectivity index is 2.22. The van der Waals surface area contributed by atoms with Gasteiger partial charge in [0.25, 0.3) is 0 Å². The first-order chi connectivity index (χ1) is 7.69. The molecule has 0 radical (unpaired) electrons. The summed E-state index contributed by atoms with van der Waals surface area (Å²) in [5.74, 6) is -0.0230. The fourth-order valence-electron chi connectivity index (χ4n) is 1.32. The first-order valence-corrected chi connectivity index (χ1v) is 5.49. The van der Waals surface area contributed by atoms with Crippen LogP contribution in [0.5, 0.6) is 0 Å². The number of rotatable bonds is 3. The van der Waals surface area contributed by atoms with Gasteiger partial charge in [0, 0.05) is 10.6 Å². The minimum Gasteiger partial charge on any atom is -0.248 e. The number of nitrogens with zero attached hydrogens (tertiary/aromatic N) is 3. The molecule has 6 heteroatoms. The fraction of sp³-hybridized carbons (Fsp3) is 0.200. The van der Waals surface area contributed by atoms with E-state index in [4.69, 9.17) is 23.2 Å². The van der Waals surface area contributed by atoms with Crippen LogP contribution in [0, 0.1) is 5.82 Å². The Morgan fingerprint density at radius 2 is 2.19 bits per heavy atom. The van der Waals surface area contributed by atoms with Crippen molar-refractivity contribution in [3.8, 4) is 0 Å². The predicted molar refractivity (Wildman–Crippen MR) is 60.1 cm³/mol. The number of aromatic nitrogens is 3. The molecule has 0 N–H and O–H groups in total. The Bertz CT molecular complexity index is 499. The van der Waals surface area contributed by atoms with E-state index >= 15 is 0 Å². The molecule has 0 aliphatic heterocycles. The van der Waals surface area contributed by atoms with Crippen LogP contribution in [-0.4, -0.2) is 15.0 Å². The van der Waals surface area contributed by atoms with Crippen LogP contribution in [0.15, 0.2) is 24.4 Å². The second kappa shape index (κ2) is 4.80. The summed E-state index contributed by atoms with van der Waals surface area (Å²) in [5.41, 5.74) is 1.13. The van der Waals surface area contributed by atoms with Gasteiger partial charge in [0.05, 0.1) is 24.3 Å². The molecule has 0 fully saturated rings. The van der Waals surface area contributed by atoms with Gasteiger partial charge in [0.15, 0.2) is 0 Å². The van der Waals surface area contributed by atoms with Crippen LogP contribution in [0.4, 0.5) is 4.39 Å². The lowest BCUT2D eigenvalue weighted by atomic mass is 10.2. The van der Waals surface area contributed by atoms with Gasteiger partial charge in [-0.3, -0.25) is 0 Å². The molecule has 2 rings (SSSR count). The van der Waals surface area contributed by atoms with Crippen molar-refractivity contribution in [1.82, 2.24) is 15.0 Å². The van der Waals surface area contributed by atoms with Crippen LogP contribution < -0.4 is 0 Å². The van der Waals surface area contributed by atoms with Crippen molar-refractivity contribution in [2.24, 2.45) is 0 Å². The summed E-state index contributed by atoms with van der Waals surface area (Å²) < 4.78 is 14.9. The van der Waals surface area contributed by atoms with Crippen molar-refractivity contribution in [3.05, 3.63) is 46.5 Å². The lowest BCUT2D eigenvalue weighted by Gasteiger charge is -2.03. The summed E-state index contributed by atoms with van der Waals surface area (Å²) in [6.45, 7) is 0.288. The summed E-state index contributed by atoms with van der Waals surface area (Å²) in [5, 5.41) is 8.13. The van der Waals surface area contributed by atoms with Gasteiger partial charge >= 0.3 is 0 Å². The van der Waals surface area contributed by atoms with Gasteiger partial charge in [-0.05, 0) is 18.2 Å². The topological polar surface area (TPSA) is 30.7 Å². The summed E-state index contributed by atoms with van der Waals surface area (Å²) >= 11 is 11.4. The minimum absolute atomic E-state index is 0.288. The van der Waals surface area contributed by atoms with Crippen molar-refractivity contribution in [2.75, 3.05) is 0 Å². The van der Waals surface area contributed by atoms with Gasteiger partial charge in [0.1, 0.15) is 5.82 Å². The number of halogens is 3. The molecule has 1 aromatic carbocycles. The molecule has 0 unspecified atom stereocenters. The molecule has 0 saturated heterocycles. The van der Waals surface area contributed by atoms with E-state index in [0.29, 0.717) is 16.3 Å². The predicted octanol–water partition coefficient (Wildman–Crippen LogP) is 2.86. The Morgan fingerprint density at radius 3 is 2.88 bits per heavy atom. The van der Waals surface area contributed by atoms with Gasteiger partial charge in [-0.25, -0.2) is 9.07 Å².